The zero-order valence-corrected chi connectivity index (χ0v) is 14.4. The van der Waals surface area contributed by atoms with Gasteiger partial charge in [0.15, 0.2) is 0 Å². The van der Waals surface area contributed by atoms with Gasteiger partial charge in [-0.15, -0.1) is 0 Å². The van der Waals surface area contributed by atoms with E-state index in [1.54, 1.807) is 25.3 Å². The highest BCUT2D eigenvalue weighted by molar-refractivity contribution is 5.86. The van der Waals surface area contributed by atoms with Crippen molar-refractivity contribution in [2.24, 2.45) is 0 Å². The van der Waals surface area contributed by atoms with E-state index in [4.69, 9.17) is 9.47 Å². The molecule has 0 aliphatic carbocycles. The van der Waals surface area contributed by atoms with Crippen LogP contribution in [0.15, 0.2) is 48.5 Å². The first-order valence-corrected chi connectivity index (χ1v) is 7.90. The summed E-state index contributed by atoms with van der Waals surface area (Å²) in [5, 5.41) is 5.37. The van der Waals surface area contributed by atoms with Gasteiger partial charge in [0.25, 0.3) is 0 Å². The van der Waals surface area contributed by atoms with Crippen LogP contribution in [0.3, 0.4) is 0 Å². The Morgan fingerprint density at radius 2 is 1.68 bits per heavy atom. The number of hydrogen-bond donors (Lipinski definition) is 2. The van der Waals surface area contributed by atoms with Crippen molar-refractivity contribution in [1.82, 2.24) is 10.6 Å². The summed E-state index contributed by atoms with van der Waals surface area (Å²) in [5.74, 6) is 0.738. The Labute approximate surface area is 147 Å². The molecule has 2 N–H and O–H groups in total. The smallest absolute Gasteiger partial charge is 0.239 e. The van der Waals surface area contributed by atoms with Crippen LogP contribution in [0.1, 0.15) is 11.1 Å². The number of carbonyl (C=O) groups excluding carboxylic acids is 2. The minimum atomic E-state index is -0.252. The van der Waals surface area contributed by atoms with Gasteiger partial charge in [0.2, 0.25) is 11.8 Å². The Morgan fingerprint density at radius 3 is 2.36 bits per heavy atom. The second-order valence-electron chi connectivity index (χ2n) is 5.39. The predicted molar refractivity (Wildman–Crippen MR) is 94.5 cm³/mol. The molecule has 0 heterocycles. The molecule has 0 bridgehead atoms. The number of nitrogens with one attached hydrogen (secondary N) is 2. The molecule has 6 nitrogen and oxygen atoms in total. The van der Waals surface area contributed by atoms with Gasteiger partial charge >= 0.3 is 0 Å². The number of amides is 2. The van der Waals surface area contributed by atoms with Crippen molar-refractivity contribution in [1.29, 1.82) is 0 Å². The van der Waals surface area contributed by atoms with E-state index in [1.807, 2.05) is 30.3 Å². The largest absolute Gasteiger partial charge is 0.497 e. The summed E-state index contributed by atoms with van der Waals surface area (Å²) in [7, 11) is 3.10. The number of benzene rings is 2. The summed E-state index contributed by atoms with van der Waals surface area (Å²) in [5.41, 5.74) is 1.73. The Balaban J connectivity index is 1.79. The Hall–Kier alpha value is -3.02. The molecule has 2 rings (SSSR count). The van der Waals surface area contributed by atoms with E-state index in [0.717, 1.165) is 11.1 Å². The van der Waals surface area contributed by atoms with E-state index in [2.05, 4.69) is 10.6 Å². The topological polar surface area (TPSA) is 76.7 Å². The van der Waals surface area contributed by atoms with Crippen LogP contribution in [0, 0.1) is 0 Å². The molecule has 0 atom stereocenters. The van der Waals surface area contributed by atoms with Gasteiger partial charge in [0.05, 0.1) is 27.2 Å². The van der Waals surface area contributed by atoms with Crippen molar-refractivity contribution < 1.29 is 19.1 Å². The average molecular weight is 342 g/mol. The summed E-state index contributed by atoms with van der Waals surface area (Å²) in [6.45, 7) is 0.367. The second kappa shape index (κ2) is 9.32. The zero-order valence-electron chi connectivity index (χ0n) is 14.4. The molecule has 6 heteroatoms. The highest BCUT2D eigenvalue weighted by atomic mass is 16.5. The van der Waals surface area contributed by atoms with Crippen molar-refractivity contribution in [2.45, 2.75) is 13.0 Å². The standard InChI is InChI=1S/C19H22N2O4/c1-24-16-9-8-15(17(11-16)25-2)10-18(22)21-13-19(23)20-12-14-6-4-3-5-7-14/h3-9,11H,10,12-13H2,1-2H3,(H,20,23)(H,21,22). The summed E-state index contributed by atoms with van der Waals surface area (Å²) in [4.78, 5) is 23.8. The molecule has 132 valence electrons. The summed E-state index contributed by atoms with van der Waals surface area (Å²) >= 11 is 0. The molecule has 0 aliphatic heterocycles. The fraction of sp³-hybridized carbons (Fsp3) is 0.263. The van der Waals surface area contributed by atoms with Crippen molar-refractivity contribution in [3.8, 4) is 11.5 Å². The fourth-order valence-corrected chi connectivity index (χ4v) is 2.27. The number of ether oxygens (including phenoxy) is 2. The molecule has 0 radical (unpaired) electrons. The number of methoxy groups -OCH3 is 2. The average Bonchev–Trinajstić information content (AvgIpc) is 2.65. The third-order valence-electron chi connectivity index (χ3n) is 3.62. The minimum Gasteiger partial charge on any atom is -0.497 e. The molecule has 0 spiro atoms. The van der Waals surface area contributed by atoms with E-state index in [1.165, 1.54) is 7.11 Å². The highest BCUT2D eigenvalue weighted by Gasteiger charge is 2.11. The Bertz CT molecular complexity index is 717. The van der Waals surface area contributed by atoms with Crippen molar-refractivity contribution in [3.05, 3.63) is 59.7 Å². The van der Waals surface area contributed by atoms with Crippen LogP contribution in [0.5, 0.6) is 11.5 Å². The molecule has 0 fully saturated rings. The normalized spacial score (nSPS) is 10.0. The maximum absolute atomic E-state index is 12.0. The van der Waals surface area contributed by atoms with Crippen LogP contribution in [0.2, 0.25) is 0 Å². The van der Waals surface area contributed by atoms with Gasteiger partial charge < -0.3 is 20.1 Å². The summed E-state index contributed by atoms with van der Waals surface area (Å²) in [6.07, 6.45) is 0.124. The lowest BCUT2D eigenvalue weighted by molar-refractivity contribution is -0.125. The molecule has 0 aliphatic rings. The fourth-order valence-electron chi connectivity index (χ4n) is 2.27. The molecular formula is C19H22N2O4. The number of carbonyl (C=O) groups is 2. The molecule has 2 amide bonds. The highest BCUT2D eigenvalue weighted by Crippen LogP contribution is 2.24. The lowest BCUT2D eigenvalue weighted by atomic mass is 10.1. The lowest BCUT2D eigenvalue weighted by Crippen LogP contribution is -2.37. The number of hydrogen-bond acceptors (Lipinski definition) is 4. The van der Waals surface area contributed by atoms with Crippen LogP contribution in [0.4, 0.5) is 0 Å². The van der Waals surface area contributed by atoms with E-state index >= 15 is 0 Å². The lowest BCUT2D eigenvalue weighted by Gasteiger charge is -2.11. The molecule has 0 saturated heterocycles. The first-order valence-electron chi connectivity index (χ1n) is 7.90. The van der Waals surface area contributed by atoms with Gasteiger partial charge in [-0.05, 0) is 11.6 Å². The Kier molecular flexibility index (Phi) is 6.83. The molecular weight excluding hydrogens is 320 g/mol. The quantitative estimate of drug-likeness (QED) is 0.765. The third-order valence-corrected chi connectivity index (χ3v) is 3.62. The van der Waals surface area contributed by atoms with E-state index in [9.17, 15) is 9.59 Å². The van der Waals surface area contributed by atoms with E-state index < -0.39 is 0 Å². The maximum atomic E-state index is 12.0. The summed E-state index contributed by atoms with van der Waals surface area (Å²) < 4.78 is 10.4. The zero-order chi connectivity index (χ0) is 18.1. The van der Waals surface area contributed by atoms with Crippen LogP contribution < -0.4 is 20.1 Å². The van der Waals surface area contributed by atoms with Crippen LogP contribution >= 0.6 is 0 Å². The van der Waals surface area contributed by atoms with Gasteiger partial charge in [0, 0.05) is 18.2 Å². The molecule has 0 aromatic heterocycles. The van der Waals surface area contributed by atoms with Crippen molar-refractivity contribution in [3.63, 3.8) is 0 Å². The maximum Gasteiger partial charge on any atom is 0.239 e. The third kappa shape index (κ3) is 5.84. The van der Waals surface area contributed by atoms with Gasteiger partial charge in [-0.1, -0.05) is 36.4 Å². The molecule has 25 heavy (non-hydrogen) atoms. The molecule has 0 saturated carbocycles. The van der Waals surface area contributed by atoms with Crippen LogP contribution in [-0.4, -0.2) is 32.6 Å². The Morgan fingerprint density at radius 1 is 0.920 bits per heavy atom. The second-order valence-corrected chi connectivity index (χ2v) is 5.39. The van der Waals surface area contributed by atoms with E-state index in [0.29, 0.717) is 18.0 Å². The van der Waals surface area contributed by atoms with Gasteiger partial charge in [0.1, 0.15) is 11.5 Å². The molecule has 2 aromatic rings. The molecule has 0 unspecified atom stereocenters. The van der Waals surface area contributed by atoms with Crippen molar-refractivity contribution >= 4 is 11.8 Å². The van der Waals surface area contributed by atoms with Crippen LogP contribution in [0.25, 0.3) is 0 Å². The first kappa shape index (κ1) is 18.3. The van der Waals surface area contributed by atoms with Gasteiger partial charge in [-0.3, -0.25) is 9.59 Å². The van der Waals surface area contributed by atoms with Gasteiger partial charge in [-0.2, -0.15) is 0 Å². The first-order chi connectivity index (χ1) is 12.1. The molecule has 2 aromatic carbocycles. The van der Waals surface area contributed by atoms with E-state index in [-0.39, 0.29) is 24.8 Å². The number of rotatable bonds is 8. The minimum absolute atomic E-state index is 0.0653. The summed E-state index contributed by atoms with van der Waals surface area (Å²) in [6, 6.07) is 14.8. The predicted octanol–water partition coefficient (Wildman–Crippen LogP) is 1.68. The SMILES string of the molecule is COc1ccc(CC(=O)NCC(=O)NCc2ccccc2)c(OC)c1. The van der Waals surface area contributed by atoms with Crippen LogP contribution in [-0.2, 0) is 22.6 Å². The van der Waals surface area contributed by atoms with Gasteiger partial charge in [-0.25, -0.2) is 0 Å². The monoisotopic (exact) mass is 342 g/mol. The van der Waals surface area contributed by atoms with Crippen molar-refractivity contribution in [2.75, 3.05) is 20.8 Å².